The summed E-state index contributed by atoms with van der Waals surface area (Å²) < 4.78 is 5.58. The summed E-state index contributed by atoms with van der Waals surface area (Å²) in [4.78, 5) is 11.9. The van der Waals surface area contributed by atoms with Gasteiger partial charge in [0.2, 0.25) is 5.78 Å². The fraction of sp³-hybridized carbons (Fsp3) is 0.417. The monoisotopic (exact) mass is 224 g/mol. The van der Waals surface area contributed by atoms with Gasteiger partial charge in [-0.15, -0.1) is 0 Å². The van der Waals surface area contributed by atoms with E-state index in [4.69, 9.17) is 16.3 Å². The predicted octanol–water partition coefficient (Wildman–Crippen LogP) is 3.31. The van der Waals surface area contributed by atoms with Gasteiger partial charge in [-0.1, -0.05) is 18.5 Å². The Morgan fingerprint density at radius 1 is 1.47 bits per heavy atom. The maximum Gasteiger partial charge on any atom is 0.207 e. The van der Waals surface area contributed by atoms with Gasteiger partial charge in [-0.25, -0.2) is 0 Å². The molecule has 1 aromatic carbocycles. The maximum atomic E-state index is 11.9. The topological polar surface area (TPSA) is 26.3 Å². The highest BCUT2D eigenvalue weighted by Crippen LogP contribution is 2.37. The lowest BCUT2D eigenvalue weighted by Gasteiger charge is -2.06. The van der Waals surface area contributed by atoms with E-state index in [0.29, 0.717) is 22.8 Å². The number of rotatable bonds is 1. The Morgan fingerprint density at radius 3 is 2.73 bits per heavy atom. The van der Waals surface area contributed by atoms with E-state index in [2.05, 4.69) is 0 Å². The molecule has 0 amide bonds. The average Bonchev–Trinajstić information content (AvgIpc) is 2.52. The van der Waals surface area contributed by atoms with Gasteiger partial charge in [0.15, 0.2) is 6.10 Å². The van der Waals surface area contributed by atoms with E-state index in [9.17, 15) is 4.79 Å². The third kappa shape index (κ3) is 1.44. The van der Waals surface area contributed by atoms with Crippen LogP contribution in [0, 0.1) is 13.8 Å². The summed E-state index contributed by atoms with van der Waals surface area (Å²) in [6.45, 7) is 5.73. The molecule has 1 aromatic rings. The number of fused-ring (bicyclic) bond motifs is 1. The molecule has 2 nitrogen and oxygen atoms in total. The lowest BCUT2D eigenvalue weighted by molar-refractivity contribution is 0.0852. The first-order valence-electron chi connectivity index (χ1n) is 5.06. The van der Waals surface area contributed by atoms with Crippen LogP contribution in [0.4, 0.5) is 0 Å². The van der Waals surface area contributed by atoms with E-state index in [1.165, 1.54) is 0 Å². The number of hydrogen-bond donors (Lipinski definition) is 0. The van der Waals surface area contributed by atoms with Gasteiger partial charge < -0.3 is 4.74 Å². The number of Topliss-reactive ketones (excluding diaryl/α,β-unsaturated/α-hetero) is 1. The molecule has 80 valence electrons. The number of halogens is 1. The zero-order valence-electron chi connectivity index (χ0n) is 9.06. The number of aryl methyl sites for hydroxylation is 1. The molecule has 0 aromatic heterocycles. The molecule has 1 aliphatic rings. The normalized spacial score (nSPS) is 18.9. The van der Waals surface area contributed by atoms with Gasteiger partial charge >= 0.3 is 0 Å². The largest absolute Gasteiger partial charge is 0.481 e. The van der Waals surface area contributed by atoms with Gasteiger partial charge in [0.05, 0.1) is 5.56 Å². The van der Waals surface area contributed by atoms with Crippen LogP contribution in [0.3, 0.4) is 0 Å². The van der Waals surface area contributed by atoms with Crippen LogP contribution in [0.5, 0.6) is 5.75 Å². The minimum absolute atomic E-state index is 0.0619. The third-order valence-electron chi connectivity index (χ3n) is 2.82. The van der Waals surface area contributed by atoms with Crippen LogP contribution in [0.1, 0.15) is 34.8 Å². The Hall–Kier alpha value is -1.02. The smallest absolute Gasteiger partial charge is 0.207 e. The van der Waals surface area contributed by atoms with Crippen molar-refractivity contribution in [2.75, 3.05) is 0 Å². The van der Waals surface area contributed by atoms with Gasteiger partial charge in [0.1, 0.15) is 5.75 Å². The van der Waals surface area contributed by atoms with Crippen molar-refractivity contribution in [3.8, 4) is 5.75 Å². The summed E-state index contributed by atoms with van der Waals surface area (Å²) in [5.74, 6) is 0.748. The molecule has 1 aliphatic heterocycles. The van der Waals surface area contributed by atoms with Crippen LogP contribution >= 0.6 is 11.6 Å². The number of benzene rings is 1. The molecule has 0 saturated heterocycles. The standard InChI is InChI=1S/C12H13ClO2/c1-4-8-12(14)10-7(3)11(13)6(2)5-9(10)15-8/h5,8H,4H2,1-3H3. The van der Waals surface area contributed by atoms with Crippen molar-refractivity contribution in [1.29, 1.82) is 0 Å². The maximum absolute atomic E-state index is 11.9. The molecule has 15 heavy (non-hydrogen) atoms. The molecule has 0 bridgehead atoms. The lowest BCUT2D eigenvalue weighted by atomic mass is 10.00. The highest BCUT2D eigenvalue weighted by atomic mass is 35.5. The zero-order chi connectivity index (χ0) is 11.2. The zero-order valence-corrected chi connectivity index (χ0v) is 9.81. The number of ether oxygens (including phenoxy) is 1. The first kappa shape index (κ1) is 10.5. The van der Waals surface area contributed by atoms with Crippen molar-refractivity contribution in [3.05, 3.63) is 27.8 Å². The van der Waals surface area contributed by atoms with E-state index >= 15 is 0 Å². The molecule has 3 heteroatoms. The summed E-state index contributed by atoms with van der Waals surface area (Å²) in [5, 5.41) is 0.669. The Morgan fingerprint density at radius 2 is 2.13 bits per heavy atom. The second-order valence-electron chi connectivity index (χ2n) is 3.88. The molecule has 1 heterocycles. The number of carbonyl (C=O) groups excluding carboxylic acids is 1. The second kappa shape index (κ2) is 3.53. The third-order valence-corrected chi connectivity index (χ3v) is 3.40. The SMILES string of the molecule is CCC1Oc2cc(C)c(Cl)c(C)c2C1=O. The Bertz CT molecular complexity index is 438. The summed E-state index contributed by atoms with van der Waals surface area (Å²) in [5.41, 5.74) is 2.46. The lowest BCUT2D eigenvalue weighted by Crippen LogP contribution is -2.18. The number of hydrogen-bond acceptors (Lipinski definition) is 2. The van der Waals surface area contributed by atoms with Gasteiger partial charge in [-0.2, -0.15) is 0 Å². The highest BCUT2D eigenvalue weighted by Gasteiger charge is 2.33. The number of ketones is 1. The molecule has 2 rings (SSSR count). The minimum Gasteiger partial charge on any atom is -0.481 e. The van der Waals surface area contributed by atoms with Crippen molar-refractivity contribution in [3.63, 3.8) is 0 Å². The summed E-state index contributed by atoms with van der Waals surface area (Å²) in [6, 6.07) is 1.85. The molecule has 0 N–H and O–H groups in total. The van der Waals surface area contributed by atoms with Crippen molar-refractivity contribution in [1.82, 2.24) is 0 Å². The Balaban J connectivity index is 2.61. The van der Waals surface area contributed by atoms with Crippen molar-refractivity contribution in [2.45, 2.75) is 33.3 Å². The molecule has 0 aliphatic carbocycles. The van der Waals surface area contributed by atoms with Crippen LogP contribution in [0.2, 0.25) is 5.02 Å². The molecule has 1 atom stereocenters. The highest BCUT2D eigenvalue weighted by molar-refractivity contribution is 6.33. The summed E-state index contributed by atoms with van der Waals surface area (Å²) >= 11 is 6.11. The van der Waals surface area contributed by atoms with Gasteiger partial charge in [0.25, 0.3) is 0 Å². The van der Waals surface area contributed by atoms with E-state index in [1.54, 1.807) is 0 Å². The quantitative estimate of drug-likeness (QED) is 0.732. The van der Waals surface area contributed by atoms with E-state index < -0.39 is 0 Å². The van der Waals surface area contributed by atoms with Crippen LogP contribution in [-0.2, 0) is 0 Å². The Labute approximate surface area is 94.2 Å². The fourth-order valence-corrected chi connectivity index (χ4v) is 2.11. The van der Waals surface area contributed by atoms with Gasteiger partial charge in [0, 0.05) is 5.02 Å². The molecule has 1 unspecified atom stereocenters. The average molecular weight is 225 g/mol. The van der Waals surface area contributed by atoms with Gasteiger partial charge in [-0.05, 0) is 37.5 Å². The molecule has 0 fully saturated rings. The van der Waals surface area contributed by atoms with E-state index in [1.807, 2.05) is 26.8 Å². The van der Waals surface area contributed by atoms with Crippen LogP contribution in [0.15, 0.2) is 6.07 Å². The molecule has 0 spiro atoms. The summed E-state index contributed by atoms with van der Waals surface area (Å²) in [6.07, 6.45) is 0.375. The number of carbonyl (C=O) groups is 1. The minimum atomic E-state index is -0.323. The van der Waals surface area contributed by atoms with Crippen LogP contribution in [-0.4, -0.2) is 11.9 Å². The van der Waals surface area contributed by atoms with Crippen molar-refractivity contribution >= 4 is 17.4 Å². The van der Waals surface area contributed by atoms with Crippen molar-refractivity contribution in [2.24, 2.45) is 0 Å². The van der Waals surface area contributed by atoms with Crippen LogP contribution < -0.4 is 4.74 Å². The Kier molecular flexibility index (Phi) is 2.47. The van der Waals surface area contributed by atoms with Crippen LogP contribution in [0.25, 0.3) is 0 Å². The van der Waals surface area contributed by atoms with Crippen molar-refractivity contribution < 1.29 is 9.53 Å². The first-order chi connectivity index (χ1) is 7.06. The fourth-order valence-electron chi connectivity index (χ4n) is 1.96. The second-order valence-corrected chi connectivity index (χ2v) is 4.26. The molecular formula is C12H13ClO2. The summed E-state index contributed by atoms with van der Waals surface area (Å²) in [7, 11) is 0. The van der Waals surface area contributed by atoms with Gasteiger partial charge in [-0.3, -0.25) is 4.79 Å². The molecule has 0 saturated carbocycles. The predicted molar refractivity (Wildman–Crippen MR) is 60.0 cm³/mol. The van der Waals surface area contributed by atoms with E-state index in [0.717, 1.165) is 11.1 Å². The molecular weight excluding hydrogens is 212 g/mol. The van der Waals surface area contributed by atoms with E-state index in [-0.39, 0.29) is 11.9 Å². The molecule has 0 radical (unpaired) electrons. The first-order valence-corrected chi connectivity index (χ1v) is 5.44.